The summed E-state index contributed by atoms with van der Waals surface area (Å²) in [6, 6.07) is 9.88. The van der Waals surface area contributed by atoms with Crippen molar-refractivity contribution in [1.82, 2.24) is 34.7 Å². The zero-order valence-corrected chi connectivity index (χ0v) is 16.2. The lowest BCUT2D eigenvalue weighted by Gasteiger charge is -2.09. The van der Waals surface area contributed by atoms with E-state index in [9.17, 15) is 0 Å². The third-order valence-corrected chi connectivity index (χ3v) is 5.35. The third kappa shape index (κ3) is 3.47. The SMILES string of the molecule is Cc1ccc2ncnc(Sc3nnc(-c4cnccn4)n3Cc3ccco3)c2c1. The molecule has 0 fully saturated rings. The number of fused-ring (bicyclic) bond motifs is 1. The average Bonchev–Trinajstić information content (AvgIpc) is 3.40. The van der Waals surface area contributed by atoms with Crippen LogP contribution in [0.1, 0.15) is 11.3 Å². The Labute approximate surface area is 170 Å². The molecule has 0 aliphatic rings. The summed E-state index contributed by atoms with van der Waals surface area (Å²) in [6.07, 6.45) is 8.14. The monoisotopic (exact) mass is 401 g/mol. The smallest absolute Gasteiger partial charge is 0.198 e. The van der Waals surface area contributed by atoms with Crippen molar-refractivity contribution in [3.05, 3.63) is 72.8 Å². The van der Waals surface area contributed by atoms with Crippen LogP contribution >= 0.6 is 11.8 Å². The van der Waals surface area contributed by atoms with Gasteiger partial charge in [0.25, 0.3) is 0 Å². The van der Waals surface area contributed by atoms with Crippen LogP contribution in [0.4, 0.5) is 0 Å². The van der Waals surface area contributed by atoms with E-state index in [-0.39, 0.29) is 0 Å². The highest BCUT2D eigenvalue weighted by Crippen LogP contribution is 2.32. The van der Waals surface area contributed by atoms with Crippen molar-refractivity contribution in [1.29, 1.82) is 0 Å². The second kappa shape index (κ2) is 7.44. The molecule has 4 aromatic heterocycles. The van der Waals surface area contributed by atoms with Gasteiger partial charge in [-0.2, -0.15) is 0 Å². The number of furan rings is 1. The number of hydrogen-bond acceptors (Lipinski definition) is 8. The van der Waals surface area contributed by atoms with E-state index >= 15 is 0 Å². The minimum absolute atomic E-state index is 0.469. The van der Waals surface area contributed by atoms with E-state index < -0.39 is 0 Å². The number of hydrogen-bond donors (Lipinski definition) is 0. The van der Waals surface area contributed by atoms with Gasteiger partial charge in [0, 0.05) is 17.8 Å². The highest BCUT2D eigenvalue weighted by molar-refractivity contribution is 7.99. The van der Waals surface area contributed by atoms with Crippen molar-refractivity contribution in [3.8, 4) is 11.5 Å². The average molecular weight is 401 g/mol. The lowest BCUT2D eigenvalue weighted by Crippen LogP contribution is -2.04. The maximum absolute atomic E-state index is 5.54. The van der Waals surface area contributed by atoms with Crippen LogP contribution in [-0.4, -0.2) is 34.7 Å². The normalized spacial score (nSPS) is 11.2. The summed E-state index contributed by atoms with van der Waals surface area (Å²) in [6.45, 7) is 2.52. The van der Waals surface area contributed by atoms with Crippen molar-refractivity contribution < 1.29 is 4.42 Å². The second-order valence-corrected chi connectivity index (χ2v) is 7.32. The first kappa shape index (κ1) is 17.5. The molecule has 9 heteroatoms. The van der Waals surface area contributed by atoms with Gasteiger partial charge >= 0.3 is 0 Å². The van der Waals surface area contributed by atoms with E-state index in [1.807, 2.05) is 35.8 Å². The molecule has 0 saturated carbocycles. The van der Waals surface area contributed by atoms with Crippen LogP contribution in [0.25, 0.3) is 22.4 Å². The van der Waals surface area contributed by atoms with Crippen LogP contribution in [0.5, 0.6) is 0 Å². The van der Waals surface area contributed by atoms with Gasteiger partial charge in [-0.15, -0.1) is 10.2 Å². The molecule has 5 aromatic rings. The van der Waals surface area contributed by atoms with Crippen LogP contribution in [-0.2, 0) is 6.54 Å². The topological polar surface area (TPSA) is 95.4 Å². The fourth-order valence-electron chi connectivity index (χ4n) is 2.98. The molecule has 1 aromatic carbocycles. The molecule has 0 aliphatic carbocycles. The minimum atomic E-state index is 0.469. The Bertz CT molecular complexity index is 1270. The van der Waals surface area contributed by atoms with Gasteiger partial charge < -0.3 is 4.42 Å². The van der Waals surface area contributed by atoms with E-state index in [4.69, 9.17) is 4.42 Å². The Morgan fingerprint density at radius 1 is 1.07 bits per heavy atom. The number of aryl methyl sites for hydroxylation is 1. The van der Waals surface area contributed by atoms with Crippen LogP contribution < -0.4 is 0 Å². The molecule has 0 saturated heterocycles. The molecule has 0 amide bonds. The zero-order valence-electron chi connectivity index (χ0n) is 15.4. The fraction of sp³-hybridized carbons (Fsp3) is 0.100. The standard InChI is InChI=1S/C20H15N7OS/c1-13-4-5-16-15(9-13)19(24-12-23-16)29-20-26-25-18(17-10-21-6-7-22-17)27(20)11-14-3-2-8-28-14/h2-10,12H,11H2,1H3. The molecule has 0 bridgehead atoms. The largest absolute Gasteiger partial charge is 0.467 e. The summed E-state index contributed by atoms with van der Waals surface area (Å²) in [5.41, 5.74) is 2.67. The van der Waals surface area contributed by atoms with E-state index in [0.29, 0.717) is 23.2 Å². The highest BCUT2D eigenvalue weighted by Gasteiger charge is 2.19. The van der Waals surface area contributed by atoms with Crippen molar-refractivity contribution in [2.24, 2.45) is 0 Å². The predicted molar refractivity (Wildman–Crippen MR) is 107 cm³/mol. The Morgan fingerprint density at radius 2 is 2.03 bits per heavy atom. The van der Waals surface area contributed by atoms with E-state index in [1.54, 1.807) is 31.2 Å². The van der Waals surface area contributed by atoms with Crippen LogP contribution in [0.3, 0.4) is 0 Å². The molecule has 0 unspecified atom stereocenters. The number of nitrogens with zero attached hydrogens (tertiary/aromatic N) is 7. The van der Waals surface area contributed by atoms with Gasteiger partial charge in [-0.3, -0.25) is 9.55 Å². The van der Waals surface area contributed by atoms with E-state index in [1.165, 1.54) is 11.8 Å². The molecular weight excluding hydrogens is 386 g/mol. The maximum Gasteiger partial charge on any atom is 0.198 e. The van der Waals surface area contributed by atoms with E-state index in [2.05, 4.69) is 36.2 Å². The number of benzene rings is 1. The first-order chi connectivity index (χ1) is 14.3. The molecule has 8 nitrogen and oxygen atoms in total. The lowest BCUT2D eigenvalue weighted by molar-refractivity contribution is 0.485. The Hall–Kier alpha value is -3.59. The minimum Gasteiger partial charge on any atom is -0.467 e. The molecule has 142 valence electrons. The van der Waals surface area contributed by atoms with Gasteiger partial charge in [0.15, 0.2) is 11.0 Å². The van der Waals surface area contributed by atoms with Gasteiger partial charge in [-0.1, -0.05) is 11.6 Å². The van der Waals surface area contributed by atoms with Gasteiger partial charge in [-0.25, -0.2) is 15.0 Å². The zero-order chi connectivity index (χ0) is 19.6. The van der Waals surface area contributed by atoms with Crippen LogP contribution in [0, 0.1) is 6.92 Å². The van der Waals surface area contributed by atoms with Gasteiger partial charge in [0.1, 0.15) is 22.8 Å². The molecule has 4 heterocycles. The number of aromatic nitrogens is 7. The van der Waals surface area contributed by atoms with Crippen LogP contribution in [0.15, 0.2) is 76.1 Å². The quantitative estimate of drug-likeness (QED) is 0.411. The maximum atomic E-state index is 5.54. The molecule has 0 atom stereocenters. The highest BCUT2D eigenvalue weighted by atomic mass is 32.2. The van der Waals surface area contributed by atoms with Crippen molar-refractivity contribution >= 4 is 22.7 Å². The fourth-order valence-corrected chi connectivity index (χ4v) is 3.87. The summed E-state index contributed by atoms with van der Waals surface area (Å²) in [7, 11) is 0. The predicted octanol–water partition coefficient (Wildman–Crippen LogP) is 3.78. The molecule has 0 aliphatic heterocycles. The third-order valence-electron chi connectivity index (χ3n) is 4.35. The van der Waals surface area contributed by atoms with Gasteiger partial charge in [0.2, 0.25) is 0 Å². The Kier molecular flexibility index (Phi) is 4.49. The molecule has 0 N–H and O–H groups in total. The first-order valence-electron chi connectivity index (χ1n) is 8.89. The molecular formula is C20H15N7OS. The molecule has 29 heavy (non-hydrogen) atoms. The summed E-state index contributed by atoms with van der Waals surface area (Å²) in [4.78, 5) is 17.4. The number of rotatable bonds is 5. The second-order valence-electron chi connectivity index (χ2n) is 6.36. The van der Waals surface area contributed by atoms with Crippen molar-refractivity contribution in [2.45, 2.75) is 23.7 Å². The summed E-state index contributed by atoms with van der Waals surface area (Å²) in [5.74, 6) is 1.41. The van der Waals surface area contributed by atoms with Gasteiger partial charge in [-0.05, 0) is 43.0 Å². The van der Waals surface area contributed by atoms with Crippen LogP contribution in [0.2, 0.25) is 0 Å². The first-order valence-corrected chi connectivity index (χ1v) is 9.71. The summed E-state index contributed by atoms with van der Waals surface area (Å²) < 4.78 is 7.50. The van der Waals surface area contributed by atoms with Crippen molar-refractivity contribution in [3.63, 3.8) is 0 Å². The van der Waals surface area contributed by atoms with Crippen molar-refractivity contribution in [2.75, 3.05) is 0 Å². The Balaban J connectivity index is 1.60. The lowest BCUT2D eigenvalue weighted by atomic mass is 10.2. The molecule has 0 radical (unpaired) electrons. The summed E-state index contributed by atoms with van der Waals surface area (Å²) >= 11 is 1.44. The molecule has 5 rings (SSSR count). The molecule has 0 spiro atoms. The van der Waals surface area contributed by atoms with Gasteiger partial charge in [0.05, 0.1) is 24.5 Å². The van der Waals surface area contributed by atoms with E-state index in [0.717, 1.165) is 27.3 Å². The Morgan fingerprint density at radius 3 is 2.86 bits per heavy atom. The summed E-state index contributed by atoms with van der Waals surface area (Å²) in [5, 5.41) is 11.2.